The van der Waals surface area contributed by atoms with Crippen LogP contribution in [0, 0.1) is 29.6 Å². The van der Waals surface area contributed by atoms with E-state index in [1.165, 1.54) is 26.0 Å². The van der Waals surface area contributed by atoms with Gasteiger partial charge in [0.25, 0.3) is 0 Å². The highest BCUT2D eigenvalue weighted by Crippen LogP contribution is 2.70. The van der Waals surface area contributed by atoms with Crippen LogP contribution in [-0.2, 0) is 33.4 Å². The zero-order valence-electron chi connectivity index (χ0n) is 18.3. The second kappa shape index (κ2) is 7.07. The Balaban J connectivity index is 1.51. The normalized spacial score (nSPS) is 45.6. The van der Waals surface area contributed by atoms with Crippen molar-refractivity contribution in [3.05, 3.63) is 23.8 Å². The number of ketones is 2. The largest absolute Gasteiger partial charge is 0.458 e. The summed E-state index contributed by atoms with van der Waals surface area (Å²) in [6, 6.07) is 0. The van der Waals surface area contributed by atoms with Crippen molar-refractivity contribution in [2.24, 2.45) is 29.6 Å². The molecule has 5 rings (SSSR count). The SMILES string of the molecule is CC(=O)OCC(=O)[C@]1(OC(C)=O)C2C[C@@H]3O[C@]34C3C=CC(=O)C=C3[C@@H](F)CC4C2C[C@H]1C. The molecule has 32 heavy (non-hydrogen) atoms. The molecule has 0 aromatic heterocycles. The number of Topliss-reactive ketones (excluding diaryl/α,β-unsaturated/α-hetero) is 1. The Morgan fingerprint density at radius 3 is 2.59 bits per heavy atom. The number of ether oxygens (including phenoxy) is 3. The number of hydrogen-bond donors (Lipinski definition) is 0. The van der Waals surface area contributed by atoms with Gasteiger partial charge in [0.1, 0.15) is 11.8 Å². The summed E-state index contributed by atoms with van der Waals surface area (Å²) in [7, 11) is 0. The van der Waals surface area contributed by atoms with Gasteiger partial charge < -0.3 is 14.2 Å². The Morgan fingerprint density at radius 2 is 1.91 bits per heavy atom. The smallest absolute Gasteiger partial charge is 0.303 e. The van der Waals surface area contributed by atoms with E-state index in [2.05, 4.69) is 0 Å². The summed E-state index contributed by atoms with van der Waals surface area (Å²) in [6.45, 7) is 3.88. The maximum absolute atomic E-state index is 15.3. The van der Waals surface area contributed by atoms with E-state index in [4.69, 9.17) is 14.2 Å². The summed E-state index contributed by atoms with van der Waals surface area (Å²) in [5.74, 6) is -3.01. The van der Waals surface area contributed by atoms with Crippen LogP contribution in [0.2, 0.25) is 0 Å². The molecule has 0 N–H and O–H groups in total. The van der Waals surface area contributed by atoms with E-state index >= 15 is 4.39 Å². The number of alkyl halides is 1. The second-order valence-electron chi connectivity index (χ2n) is 9.89. The molecule has 0 bridgehead atoms. The number of allylic oxidation sites excluding steroid dienone is 2. The summed E-state index contributed by atoms with van der Waals surface area (Å²) in [5.41, 5.74) is -1.51. The number of carbonyl (C=O) groups excluding carboxylic acids is 4. The van der Waals surface area contributed by atoms with Crippen molar-refractivity contribution in [2.45, 2.75) is 63.5 Å². The van der Waals surface area contributed by atoms with Gasteiger partial charge in [0.15, 0.2) is 18.0 Å². The van der Waals surface area contributed by atoms with Gasteiger partial charge in [-0.3, -0.25) is 19.2 Å². The fourth-order valence-corrected chi connectivity index (χ4v) is 7.32. The van der Waals surface area contributed by atoms with Crippen LogP contribution in [0.15, 0.2) is 23.8 Å². The van der Waals surface area contributed by atoms with E-state index in [-0.39, 0.29) is 47.9 Å². The first-order valence-electron chi connectivity index (χ1n) is 11.2. The Hall–Kier alpha value is -2.35. The van der Waals surface area contributed by atoms with Crippen molar-refractivity contribution in [1.82, 2.24) is 0 Å². The van der Waals surface area contributed by atoms with Gasteiger partial charge in [-0.15, -0.1) is 0 Å². The monoisotopic (exact) mass is 446 g/mol. The highest BCUT2D eigenvalue weighted by Gasteiger charge is 2.77. The lowest BCUT2D eigenvalue weighted by Gasteiger charge is -2.48. The number of esters is 2. The van der Waals surface area contributed by atoms with Gasteiger partial charge >= 0.3 is 11.9 Å². The second-order valence-corrected chi connectivity index (χ2v) is 9.89. The molecule has 1 saturated heterocycles. The van der Waals surface area contributed by atoms with Gasteiger partial charge in [0, 0.05) is 31.6 Å². The molecule has 0 radical (unpaired) electrons. The molecule has 9 atom stereocenters. The highest BCUT2D eigenvalue weighted by atomic mass is 19.1. The summed E-state index contributed by atoms with van der Waals surface area (Å²) >= 11 is 0. The van der Waals surface area contributed by atoms with Crippen LogP contribution in [0.4, 0.5) is 4.39 Å². The lowest BCUT2D eigenvalue weighted by molar-refractivity contribution is -0.180. The summed E-state index contributed by atoms with van der Waals surface area (Å²) in [4.78, 5) is 48.6. The maximum Gasteiger partial charge on any atom is 0.303 e. The van der Waals surface area contributed by atoms with Crippen LogP contribution in [0.1, 0.15) is 40.0 Å². The Kier molecular flexibility index (Phi) is 4.75. The molecule has 1 spiro atoms. The summed E-state index contributed by atoms with van der Waals surface area (Å²) in [5, 5.41) is 0. The minimum atomic E-state index is -1.43. The van der Waals surface area contributed by atoms with Gasteiger partial charge in [-0.05, 0) is 48.8 Å². The number of carbonyl (C=O) groups is 4. The molecule has 7 nitrogen and oxygen atoms in total. The average molecular weight is 446 g/mol. The minimum Gasteiger partial charge on any atom is -0.458 e. The van der Waals surface area contributed by atoms with Gasteiger partial charge in [-0.1, -0.05) is 13.0 Å². The lowest BCUT2D eigenvalue weighted by Crippen LogP contribution is -2.57. The highest BCUT2D eigenvalue weighted by molar-refractivity contribution is 6.01. The third-order valence-electron chi connectivity index (χ3n) is 8.37. The number of halogens is 1. The molecule has 0 aromatic rings. The van der Waals surface area contributed by atoms with Gasteiger partial charge in [0.2, 0.25) is 5.78 Å². The first-order valence-corrected chi connectivity index (χ1v) is 11.2. The first-order chi connectivity index (χ1) is 15.1. The standard InChI is InChI=1S/C24H27FO7/c1-11-6-15-18-8-20(25)16-7-14(28)4-5-17(16)24(18)22(32-24)9-19(15)23(11,31-13(3)27)21(29)10-30-12(2)26/h4-5,7,11,15,17-20,22H,6,8-10H2,1-3H3/t11-,15?,17?,18?,19?,20+,22+,23-,24+/m1/s1. The molecule has 0 amide bonds. The van der Waals surface area contributed by atoms with Crippen LogP contribution in [-0.4, -0.2) is 53.6 Å². The van der Waals surface area contributed by atoms with E-state index in [0.717, 1.165) is 0 Å². The van der Waals surface area contributed by atoms with E-state index in [9.17, 15) is 19.2 Å². The van der Waals surface area contributed by atoms with Crippen molar-refractivity contribution in [2.75, 3.05) is 6.61 Å². The fourth-order valence-electron chi connectivity index (χ4n) is 7.32. The molecule has 3 saturated carbocycles. The van der Waals surface area contributed by atoms with Crippen LogP contribution >= 0.6 is 0 Å². The molecule has 0 aromatic carbocycles. The van der Waals surface area contributed by atoms with Crippen LogP contribution < -0.4 is 0 Å². The Bertz CT molecular complexity index is 969. The summed E-state index contributed by atoms with van der Waals surface area (Å²) in [6.07, 6.45) is 4.45. The van der Waals surface area contributed by atoms with E-state index in [1.54, 1.807) is 6.08 Å². The Labute approximate surface area is 185 Å². The third kappa shape index (κ3) is 2.81. The number of hydrogen-bond acceptors (Lipinski definition) is 7. The van der Waals surface area contributed by atoms with Crippen LogP contribution in [0.25, 0.3) is 0 Å². The van der Waals surface area contributed by atoms with Gasteiger partial charge in [-0.2, -0.15) is 0 Å². The first kappa shape index (κ1) is 21.5. The molecule has 5 aliphatic rings. The molecule has 1 heterocycles. The molecule has 172 valence electrons. The van der Waals surface area contributed by atoms with Crippen LogP contribution in [0.5, 0.6) is 0 Å². The topological polar surface area (TPSA) is 99.3 Å². The predicted octanol–water partition coefficient (Wildman–Crippen LogP) is 2.27. The Morgan fingerprint density at radius 1 is 1.16 bits per heavy atom. The van der Waals surface area contributed by atoms with Gasteiger partial charge in [-0.25, -0.2) is 4.39 Å². The molecular formula is C24H27FO7. The molecule has 4 fully saturated rings. The predicted molar refractivity (Wildman–Crippen MR) is 108 cm³/mol. The van der Waals surface area contributed by atoms with Crippen LogP contribution in [0.3, 0.4) is 0 Å². The minimum absolute atomic E-state index is 0.0878. The van der Waals surface area contributed by atoms with Crippen molar-refractivity contribution in [1.29, 1.82) is 0 Å². The van der Waals surface area contributed by atoms with Crippen molar-refractivity contribution in [3.8, 4) is 0 Å². The molecular weight excluding hydrogens is 419 g/mol. The average Bonchev–Trinajstić information content (AvgIpc) is 3.38. The molecule has 4 aliphatic carbocycles. The van der Waals surface area contributed by atoms with E-state index in [0.29, 0.717) is 18.4 Å². The molecule has 8 heteroatoms. The number of fused-ring (bicyclic) bond motifs is 3. The third-order valence-corrected chi connectivity index (χ3v) is 8.37. The molecule has 1 aliphatic heterocycles. The van der Waals surface area contributed by atoms with E-state index < -0.39 is 41.7 Å². The summed E-state index contributed by atoms with van der Waals surface area (Å²) < 4.78 is 32.3. The van der Waals surface area contributed by atoms with Crippen molar-refractivity contribution < 1.29 is 37.8 Å². The fraction of sp³-hybridized carbons (Fsp3) is 0.667. The van der Waals surface area contributed by atoms with Gasteiger partial charge in [0.05, 0.1) is 6.10 Å². The zero-order valence-corrected chi connectivity index (χ0v) is 18.3. The van der Waals surface area contributed by atoms with Crippen molar-refractivity contribution in [3.63, 3.8) is 0 Å². The van der Waals surface area contributed by atoms with E-state index in [1.807, 2.05) is 6.92 Å². The number of rotatable bonds is 4. The molecule has 4 unspecified atom stereocenters. The van der Waals surface area contributed by atoms with Crippen molar-refractivity contribution >= 4 is 23.5 Å². The quantitative estimate of drug-likeness (QED) is 0.483. The maximum atomic E-state index is 15.3. The zero-order chi connectivity index (χ0) is 23.0. The lowest BCUT2D eigenvalue weighted by atomic mass is 9.55. The number of epoxide rings is 1.